The predicted octanol–water partition coefficient (Wildman–Crippen LogP) is 7.43. The van der Waals surface area contributed by atoms with Crippen LogP contribution in [0.5, 0.6) is 0 Å². The van der Waals surface area contributed by atoms with Gasteiger partial charge in [0.1, 0.15) is 5.58 Å². The average molecular weight is 441 g/mol. The van der Waals surface area contributed by atoms with Gasteiger partial charge in [0.15, 0.2) is 0 Å². The Hall–Kier alpha value is -1.81. The first-order valence-corrected chi connectivity index (χ1v) is 12.0. The molecule has 0 spiro atoms. The maximum atomic E-state index is 9.74. The number of aliphatic hydroxyl groups excluding tert-OH is 1. The van der Waals surface area contributed by atoms with Gasteiger partial charge in [0, 0.05) is 10.9 Å². The van der Waals surface area contributed by atoms with Gasteiger partial charge in [-0.15, -0.1) is 0 Å². The van der Waals surface area contributed by atoms with Gasteiger partial charge < -0.3 is 14.3 Å². The van der Waals surface area contributed by atoms with Crippen molar-refractivity contribution < 1.29 is 14.3 Å². The summed E-state index contributed by atoms with van der Waals surface area (Å²) in [7, 11) is 0. The molecular weight excluding hydrogens is 408 g/mol. The van der Waals surface area contributed by atoms with Crippen molar-refractivity contribution >= 4 is 22.6 Å². The summed E-state index contributed by atoms with van der Waals surface area (Å²) in [5.41, 5.74) is 5.59. The Morgan fingerprint density at radius 1 is 1.13 bits per heavy atom. The van der Waals surface area contributed by atoms with E-state index in [4.69, 9.17) is 20.8 Å². The number of benzene rings is 2. The number of fused-ring (bicyclic) bond motifs is 1. The zero-order valence-corrected chi connectivity index (χ0v) is 19.5. The second-order valence-electron chi connectivity index (χ2n) is 8.95. The van der Waals surface area contributed by atoms with Crippen molar-refractivity contribution in [2.75, 3.05) is 6.61 Å². The van der Waals surface area contributed by atoms with E-state index in [0.717, 1.165) is 52.3 Å². The molecule has 0 amide bonds. The summed E-state index contributed by atoms with van der Waals surface area (Å²) in [5.74, 6) is 1.04. The van der Waals surface area contributed by atoms with Crippen LogP contribution in [0.3, 0.4) is 0 Å². The molecule has 1 aliphatic carbocycles. The summed E-state index contributed by atoms with van der Waals surface area (Å²) >= 11 is 6.83. The van der Waals surface area contributed by atoms with Crippen LogP contribution in [0.4, 0.5) is 0 Å². The van der Waals surface area contributed by atoms with Crippen LogP contribution in [0.25, 0.3) is 11.0 Å². The van der Waals surface area contributed by atoms with Crippen molar-refractivity contribution in [3.05, 3.63) is 69.9 Å². The highest BCUT2D eigenvalue weighted by Gasteiger charge is 2.27. The van der Waals surface area contributed by atoms with E-state index in [2.05, 4.69) is 44.2 Å². The smallest absolute Gasteiger partial charge is 0.141 e. The zero-order valence-electron chi connectivity index (χ0n) is 18.7. The lowest BCUT2D eigenvalue weighted by Gasteiger charge is -2.28. The Morgan fingerprint density at radius 3 is 2.48 bits per heavy atom. The lowest BCUT2D eigenvalue weighted by Crippen LogP contribution is -2.24. The number of furan rings is 1. The number of aliphatic hydroxyl groups is 1. The molecule has 31 heavy (non-hydrogen) atoms. The van der Waals surface area contributed by atoms with Crippen LogP contribution >= 0.6 is 11.6 Å². The van der Waals surface area contributed by atoms with Gasteiger partial charge in [0.2, 0.25) is 0 Å². The number of halogens is 1. The van der Waals surface area contributed by atoms with Crippen molar-refractivity contribution in [3.63, 3.8) is 0 Å². The summed E-state index contributed by atoms with van der Waals surface area (Å²) in [4.78, 5) is 0. The summed E-state index contributed by atoms with van der Waals surface area (Å²) in [5, 5.41) is 11.4. The fraction of sp³-hybridized carbons (Fsp3) is 0.481. The van der Waals surface area contributed by atoms with Crippen LogP contribution in [-0.4, -0.2) is 17.8 Å². The van der Waals surface area contributed by atoms with Crippen LogP contribution in [0.2, 0.25) is 5.02 Å². The SMILES string of the molecule is CCC(CO)OC(c1cc(Cc2ccc(C3CC3)cc2)c(Cl)c2ccoc12)C(C)CC. The molecule has 0 radical (unpaired) electrons. The van der Waals surface area contributed by atoms with Crippen molar-refractivity contribution in [3.8, 4) is 0 Å². The molecule has 4 heteroatoms. The second kappa shape index (κ2) is 9.77. The minimum atomic E-state index is -0.196. The summed E-state index contributed by atoms with van der Waals surface area (Å²) in [6.07, 6.45) is 6.47. The van der Waals surface area contributed by atoms with Crippen LogP contribution in [0.15, 0.2) is 47.1 Å². The number of hydrogen-bond acceptors (Lipinski definition) is 3. The summed E-state index contributed by atoms with van der Waals surface area (Å²) in [6.45, 7) is 6.40. The standard InChI is InChI=1S/C27H33ClO3/c1-4-17(3)26(31-22(5-2)16-29)24-15-21(25(28)23-12-13-30-27(23)24)14-18-6-8-19(9-7-18)20-10-11-20/h6-9,12-13,15,17,20,22,26,29H,4-5,10-11,14,16H2,1-3H3. The molecule has 3 aromatic rings. The molecule has 1 saturated carbocycles. The molecule has 3 nitrogen and oxygen atoms in total. The van der Waals surface area contributed by atoms with Gasteiger partial charge in [-0.25, -0.2) is 0 Å². The fourth-order valence-corrected chi connectivity index (χ4v) is 4.55. The quantitative estimate of drug-likeness (QED) is 0.356. The van der Waals surface area contributed by atoms with Crippen molar-refractivity contribution in [2.45, 2.75) is 71.0 Å². The van der Waals surface area contributed by atoms with E-state index in [-0.39, 0.29) is 24.7 Å². The third-order valence-corrected chi connectivity index (χ3v) is 7.11. The molecule has 4 rings (SSSR count). The van der Waals surface area contributed by atoms with Gasteiger partial charge in [-0.1, -0.05) is 63.1 Å². The van der Waals surface area contributed by atoms with Gasteiger partial charge in [0.05, 0.1) is 30.1 Å². The first-order chi connectivity index (χ1) is 15.0. The molecule has 2 aromatic carbocycles. The Labute approximate surface area is 190 Å². The van der Waals surface area contributed by atoms with E-state index in [1.54, 1.807) is 6.26 Å². The molecule has 1 aromatic heterocycles. The number of hydrogen-bond donors (Lipinski definition) is 1. The molecule has 0 aliphatic heterocycles. The van der Waals surface area contributed by atoms with Crippen LogP contribution in [0, 0.1) is 5.92 Å². The maximum Gasteiger partial charge on any atom is 0.141 e. The largest absolute Gasteiger partial charge is 0.464 e. The molecular formula is C27H33ClO3. The highest BCUT2D eigenvalue weighted by Crippen LogP contribution is 2.41. The van der Waals surface area contributed by atoms with Crippen molar-refractivity contribution in [2.24, 2.45) is 5.92 Å². The first-order valence-electron chi connectivity index (χ1n) is 11.6. The lowest BCUT2D eigenvalue weighted by molar-refractivity contribution is -0.0650. The van der Waals surface area contributed by atoms with Gasteiger partial charge in [0.25, 0.3) is 0 Å². The Bertz CT molecular complexity index is 999. The Morgan fingerprint density at radius 2 is 1.87 bits per heavy atom. The molecule has 1 heterocycles. The average Bonchev–Trinajstić information content (AvgIpc) is 3.53. The van der Waals surface area contributed by atoms with E-state index >= 15 is 0 Å². The normalized spacial score (nSPS) is 17.1. The van der Waals surface area contributed by atoms with Crippen LogP contribution < -0.4 is 0 Å². The van der Waals surface area contributed by atoms with Crippen LogP contribution in [0.1, 0.15) is 80.7 Å². The first kappa shape index (κ1) is 22.4. The van der Waals surface area contributed by atoms with E-state index in [1.807, 2.05) is 13.0 Å². The molecule has 1 fully saturated rings. The highest BCUT2D eigenvalue weighted by molar-refractivity contribution is 6.36. The van der Waals surface area contributed by atoms with Gasteiger partial charge in [-0.05, 0) is 66.3 Å². The minimum absolute atomic E-state index is 0.0124. The molecule has 1 N–H and O–H groups in total. The fourth-order valence-electron chi connectivity index (χ4n) is 4.28. The number of ether oxygens (including phenoxy) is 1. The van der Waals surface area contributed by atoms with Crippen LogP contribution in [-0.2, 0) is 11.2 Å². The Kier molecular flexibility index (Phi) is 7.05. The molecule has 0 bridgehead atoms. The third kappa shape index (κ3) is 4.84. The maximum absolute atomic E-state index is 9.74. The molecule has 0 saturated heterocycles. The third-order valence-electron chi connectivity index (χ3n) is 6.66. The molecule has 3 unspecified atom stereocenters. The molecule has 3 atom stereocenters. The van der Waals surface area contributed by atoms with Crippen molar-refractivity contribution in [1.29, 1.82) is 0 Å². The van der Waals surface area contributed by atoms with E-state index in [0.29, 0.717) is 0 Å². The monoisotopic (exact) mass is 440 g/mol. The van der Waals surface area contributed by atoms with E-state index < -0.39 is 0 Å². The predicted molar refractivity (Wildman–Crippen MR) is 127 cm³/mol. The summed E-state index contributed by atoms with van der Waals surface area (Å²) < 4.78 is 12.3. The topological polar surface area (TPSA) is 42.6 Å². The highest BCUT2D eigenvalue weighted by atomic mass is 35.5. The second-order valence-corrected chi connectivity index (χ2v) is 9.33. The zero-order chi connectivity index (χ0) is 22.0. The lowest BCUT2D eigenvalue weighted by atomic mass is 9.91. The summed E-state index contributed by atoms with van der Waals surface area (Å²) in [6, 6.07) is 13.1. The van der Waals surface area contributed by atoms with Crippen molar-refractivity contribution in [1.82, 2.24) is 0 Å². The van der Waals surface area contributed by atoms with E-state index in [1.165, 1.54) is 24.0 Å². The Balaban J connectivity index is 1.71. The number of rotatable bonds is 10. The van der Waals surface area contributed by atoms with Gasteiger partial charge in [-0.2, -0.15) is 0 Å². The van der Waals surface area contributed by atoms with Gasteiger partial charge >= 0.3 is 0 Å². The molecule has 166 valence electrons. The van der Waals surface area contributed by atoms with Gasteiger partial charge in [-0.3, -0.25) is 0 Å². The molecule has 1 aliphatic rings. The van der Waals surface area contributed by atoms with E-state index in [9.17, 15) is 5.11 Å². The minimum Gasteiger partial charge on any atom is -0.464 e.